The van der Waals surface area contributed by atoms with Crippen LogP contribution in [0.5, 0.6) is 0 Å². The van der Waals surface area contributed by atoms with Crippen molar-refractivity contribution in [3.05, 3.63) is 68.5 Å². The predicted octanol–water partition coefficient (Wildman–Crippen LogP) is 3.18. The maximum atomic E-state index is 12.3. The second-order valence-corrected chi connectivity index (χ2v) is 12.7. The number of carboxylic acids is 1. The summed E-state index contributed by atoms with van der Waals surface area (Å²) >= 11 is 0. The highest BCUT2D eigenvalue weighted by Crippen LogP contribution is 2.20. The Morgan fingerprint density at radius 1 is 0.739 bits per heavy atom. The van der Waals surface area contributed by atoms with Crippen LogP contribution in [0.25, 0.3) is 0 Å². The van der Waals surface area contributed by atoms with E-state index in [1.54, 1.807) is 25.3 Å². The molecule has 0 aromatic carbocycles. The molecule has 2 aromatic heterocycles. The number of carboxylic acid groups (broad SMARTS) is 1. The van der Waals surface area contributed by atoms with E-state index in [9.17, 15) is 24.3 Å². The van der Waals surface area contributed by atoms with Crippen LogP contribution in [0, 0.1) is 11.8 Å². The van der Waals surface area contributed by atoms with Crippen LogP contribution in [0.15, 0.2) is 46.2 Å². The van der Waals surface area contributed by atoms with Gasteiger partial charge in [0.25, 0.3) is 11.1 Å². The lowest BCUT2D eigenvalue weighted by Gasteiger charge is -2.27. The maximum absolute atomic E-state index is 12.3. The second kappa shape index (κ2) is 18.7. The summed E-state index contributed by atoms with van der Waals surface area (Å²) in [5.74, 6) is -0.804. The number of morpholine rings is 2. The third-order valence-electron chi connectivity index (χ3n) is 7.92. The van der Waals surface area contributed by atoms with E-state index in [4.69, 9.17) is 14.2 Å². The van der Waals surface area contributed by atoms with E-state index in [-0.39, 0.29) is 28.9 Å². The number of carbonyl (C=O) groups excluding carboxylic acids is 1. The molecule has 0 spiro atoms. The minimum absolute atomic E-state index is 0.167. The lowest BCUT2D eigenvalue weighted by Crippen LogP contribution is -2.36. The van der Waals surface area contributed by atoms with Crippen molar-refractivity contribution in [3.8, 4) is 0 Å². The van der Waals surface area contributed by atoms with Gasteiger partial charge in [-0.3, -0.25) is 19.4 Å². The SMILES string of the molecule is CC(C)CC(C(=O)O)n1cc(CN2CCOCC2)ccc1=O.CCOC(=O)C(CC(C)C)n1cc(CN2CCOCC2)ccc1=O. The molecule has 256 valence electrons. The van der Waals surface area contributed by atoms with Crippen molar-refractivity contribution in [1.82, 2.24) is 18.9 Å². The van der Waals surface area contributed by atoms with Crippen molar-refractivity contribution >= 4 is 11.9 Å². The first-order valence-corrected chi connectivity index (χ1v) is 16.4. The Kier molecular flexibility index (Phi) is 15.1. The molecule has 12 nitrogen and oxygen atoms in total. The summed E-state index contributed by atoms with van der Waals surface area (Å²) < 4.78 is 18.8. The summed E-state index contributed by atoms with van der Waals surface area (Å²) in [7, 11) is 0. The number of aliphatic carboxylic acids is 1. The molecule has 12 heteroatoms. The Bertz CT molecular complexity index is 1360. The van der Waals surface area contributed by atoms with Crippen molar-refractivity contribution in [2.45, 2.75) is 72.6 Å². The molecule has 4 rings (SSSR count). The molecule has 2 atom stereocenters. The van der Waals surface area contributed by atoms with Crippen LogP contribution >= 0.6 is 0 Å². The van der Waals surface area contributed by atoms with E-state index < -0.39 is 18.1 Å². The standard InChI is InChI=1S/C18H28N2O4.C16H24N2O4/c1-4-24-18(22)16(11-14(2)3)20-13-15(5-6-17(20)21)12-19-7-9-23-10-8-19;1-12(2)9-14(16(20)21)18-11-13(3-4-15(18)19)10-17-5-7-22-8-6-17/h5-6,13-14,16H,4,7-12H2,1-3H3;3-4,11-12,14H,5-10H2,1-2H3,(H,20,21). The smallest absolute Gasteiger partial charge is 0.329 e. The van der Waals surface area contributed by atoms with Gasteiger partial charge in [0.15, 0.2) is 0 Å². The monoisotopic (exact) mass is 644 g/mol. The van der Waals surface area contributed by atoms with E-state index >= 15 is 0 Å². The Morgan fingerprint density at radius 2 is 1.15 bits per heavy atom. The molecule has 2 fully saturated rings. The third-order valence-corrected chi connectivity index (χ3v) is 7.92. The summed E-state index contributed by atoms with van der Waals surface area (Å²) in [6.45, 7) is 17.9. The van der Waals surface area contributed by atoms with E-state index in [0.717, 1.165) is 57.1 Å². The first-order chi connectivity index (χ1) is 22.0. The van der Waals surface area contributed by atoms with Gasteiger partial charge in [0.1, 0.15) is 12.1 Å². The summed E-state index contributed by atoms with van der Waals surface area (Å²) in [5.41, 5.74) is 1.55. The van der Waals surface area contributed by atoms with Crippen LogP contribution in [0.4, 0.5) is 0 Å². The van der Waals surface area contributed by atoms with Crippen LogP contribution in [0.1, 0.15) is 70.7 Å². The van der Waals surface area contributed by atoms with Crippen molar-refractivity contribution in [2.24, 2.45) is 11.8 Å². The molecule has 0 radical (unpaired) electrons. The fraction of sp³-hybridized carbons (Fsp3) is 0.647. The van der Waals surface area contributed by atoms with Crippen LogP contribution < -0.4 is 11.1 Å². The normalized spacial score (nSPS) is 17.3. The molecule has 0 amide bonds. The summed E-state index contributed by atoms with van der Waals surface area (Å²) in [4.78, 5) is 52.7. The van der Waals surface area contributed by atoms with E-state index in [2.05, 4.69) is 9.80 Å². The molecule has 2 aliphatic rings. The molecular weight excluding hydrogens is 592 g/mol. The van der Waals surface area contributed by atoms with Gasteiger partial charge in [-0.25, -0.2) is 9.59 Å². The van der Waals surface area contributed by atoms with E-state index in [1.165, 1.54) is 15.2 Å². The quantitative estimate of drug-likeness (QED) is 0.324. The van der Waals surface area contributed by atoms with Gasteiger partial charge >= 0.3 is 11.9 Å². The molecule has 46 heavy (non-hydrogen) atoms. The van der Waals surface area contributed by atoms with Gasteiger partial charge in [-0.05, 0) is 42.7 Å². The predicted molar refractivity (Wildman–Crippen MR) is 175 cm³/mol. The van der Waals surface area contributed by atoms with Gasteiger partial charge in [-0.1, -0.05) is 39.8 Å². The number of hydrogen-bond donors (Lipinski definition) is 1. The number of carbonyl (C=O) groups is 2. The summed E-state index contributed by atoms with van der Waals surface area (Å²) in [6, 6.07) is 5.25. The van der Waals surface area contributed by atoms with Crippen molar-refractivity contribution in [1.29, 1.82) is 0 Å². The highest BCUT2D eigenvalue weighted by atomic mass is 16.5. The number of rotatable bonds is 13. The van der Waals surface area contributed by atoms with Crippen molar-refractivity contribution in [2.75, 3.05) is 59.2 Å². The van der Waals surface area contributed by atoms with Crippen LogP contribution in [-0.4, -0.2) is 95.2 Å². The lowest BCUT2D eigenvalue weighted by atomic mass is 10.0. The van der Waals surface area contributed by atoms with Crippen LogP contribution in [0.3, 0.4) is 0 Å². The minimum atomic E-state index is -0.959. The molecule has 0 saturated carbocycles. The number of hydrogen-bond acceptors (Lipinski definition) is 9. The highest BCUT2D eigenvalue weighted by molar-refractivity contribution is 5.74. The number of aromatic nitrogens is 2. The molecule has 4 heterocycles. The Morgan fingerprint density at radius 3 is 1.54 bits per heavy atom. The van der Waals surface area contributed by atoms with Crippen molar-refractivity contribution in [3.63, 3.8) is 0 Å². The molecule has 2 saturated heterocycles. The topological polar surface area (TPSA) is 133 Å². The van der Waals surface area contributed by atoms with Gasteiger partial charge in [0, 0.05) is 63.8 Å². The molecule has 0 bridgehead atoms. The number of nitrogens with zero attached hydrogens (tertiary/aromatic N) is 4. The van der Waals surface area contributed by atoms with Gasteiger partial charge in [-0.15, -0.1) is 0 Å². The Labute approximate surface area is 271 Å². The molecule has 0 aliphatic carbocycles. The summed E-state index contributed by atoms with van der Waals surface area (Å²) in [6.07, 6.45) is 4.52. The van der Waals surface area contributed by atoms with Gasteiger partial charge in [-0.2, -0.15) is 0 Å². The summed E-state index contributed by atoms with van der Waals surface area (Å²) in [5, 5.41) is 9.43. The zero-order valence-corrected chi connectivity index (χ0v) is 28.1. The Hall–Kier alpha value is -3.32. The van der Waals surface area contributed by atoms with Crippen LogP contribution in [-0.2, 0) is 36.9 Å². The average Bonchev–Trinajstić information content (AvgIpc) is 3.02. The fourth-order valence-electron chi connectivity index (χ4n) is 5.60. The first-order valence-electron chi connectivity index (χ1n) is 16.4. The molecular formula is C34H52N4O8. The number of esters is 1. The maximum Gasteiger partial charge on any atom is 0.329 e. The van der Waals surface area contributed by atoms with E-state index in [1.807, 2.05) is 40.0 Å². The van der Waals surface area contributed by atoms with Crippen LogP contribution in [0.2, 0.25) is 0 Å². The third kappa shape index (κ3) is 11.8. The molecule has 1 N–H and O–H groups in total. The molecule has 2 aromatic rings. The highest BCUT2D eigenvalue weighted by Gasteiger charge is 2.25. The van der Waals surface area contributed by atoms with Crippen molar-refractivity contribution < 1.29 is 28.9 Å². The molecule has 2 unspecified atom stereocenters. The fourth-order valence-corrected chi connectivity index (χ4v) is 5.60. The largest absolute Gasteiger partial charge is 0.480 e. The van der Waals surface area contributed by atoms with E-state index in [0.29, 0.717) is 39.2 Å². The van der Waals surface area contributed by atoms with Gasteiger partial charge < -0.3 is 28.5 Å². The number of pyridine rings is 2. The van der Waals surface area contributed by atoms with Gasteiger partial charge in [0.05, 0.1) is 33.0 Å². The first kappa shape index (κ1) is 37.1. The zero-order chi connectivity index (χ0) is 33.6. The minimum Gasteiger partial charge on any atom is -0.480 e. The zero-order valence-electron chi connectivity index (χ0n) is 28.1. The lowest BCUT2D eigenvalue weighted by molar-refractivity contribution is -0.147. The Balaban J connectivity index is 0.000000251. The number of ether oxygens (including phenoxy) is 3. The van der Waals surface area contributed by atoms with Gasteiger partial charge in [0.2, 0.25) is 0 Å². The second-order valence-electron chi connectivity index (χ2n) is 12.7. The molecule has 2 aliphatic heterocycles. The average molecular weight is 645 g/mol.